The molecule has 1 amide bonds. The molecule has 1 heterocycles. The van der Waals surface area contributed by atoms with Gasteiger partial charge < -0.3 is 14.7 Å². The topological polar surface area (TPSA) is 66.8 Å². The summed E-state index contributed by atoms with van der Waals surface area (Å²) in [5.41, 5.74) is -0.735. The van der Waals surface area contributed by atoms with Crippen molar-refractivity contribution in [3.05, 3.63) is 0 Å². The van der Waals surface area contributed by atoms with E-state index in [-0.39, 0.29) is 35.9 Å². The lowest BCUT2D eigenvalue weighted by Gasteiger charge is -2.47. The van der Waals surface area contributed by atoms with Gasteiger partial charge in [-0.1, -0.05) is 6.92 Å². The van der Waals surface area contributed by atoms with Gasteiger partial charge in [0.15, 0.2) is 0 Å². The highest BCUT2D eigenvalue weighted by Crippen LogP contribution is 2.28. The van der Waals surface area contributed by atoms with Gasteiger partial charge in [0, 0.05) is 25.9 Å². The lowest BCUT2D eigenvalue weighted by atomic mass is 9.97. The van der Waals surface area contributed by atoms with Crippen LogP contribution in [0.1, 0.15) is 47.5 Å². The van der Waals surface area contributed by atoms with Gasteiger partial charge in [0.1, 0.15) is 0 Å². The third-order valence-electron chi connectivity index (χ3n) is 3.09. The molecule has 0 saturated carbocycles. The number of morpholine rings is 1. The van der Waals surface area contributed by atoms with Gasteiger partial charge in [0.05, 0.1) is 11.2 Å². The average molecular weight is 271 g/mol. The number of nitrogens with zero attached hydrogens (tertiary/aromatic N) is 1. The largest absolute Gasteiger partial charge is 0.481 e. The molecule has 1 unspecified atom stereocenters. The fourth-order valence-electron chi connectivity index (χ4n) is 2.76. The Morgan fingerprint density at radius 1 is 1.16 bits per heavy atom. The standard InChI is InChI=1S/C14H25NO4/c1-10(7-12(17)18)6-11(16)15-8-13(2,3)19-14(4,5)9-15/h10H,6-9H2,1-5H3,(H,17,18). The molecule has 1 aliphatic heterocycles. The van der Waals surface area contributed by atoms with Crippen LogP contribution in [0.3, 0.4) is 0 Å². The van der Waals surface area contributed by atoms with Crippen LogP contribution in [0.15, 0.2) is 0 Å². The number of aliphatic carboxylic acids is 1. The van der Waals surface area contributed by atoms with Crippen LogP contribution < -0.4 is 0 Å². The number of carboxylic acids is 1. The second-order valence-electron chi connectivity index (χ2n) is 6.78. The molecule has 1 aliphatic rings. The van der Waals surface area contributed by atoms with Crippen molar-refractivity contribution >= 4 is 11.9 Å². The average Bonchev–Trinajstić information content (AvgIpc) is 2.10. The van der Waals surface area contributed by atoms with E-state index in [1.807, 2.05) is 27.7 Å². The zero-order valence-electron chi connectivity index (χ0n) is 12.5. The molecule has 1 rings (SSSR count). The van der Waals surface area contributed by atoms with Crippen LogP contribution in [0.25, 0.3) is 0 Å². The fraction of sp³-hybridized carbons (Fsp3) is 0.857. The Labute approximate surface area is 114 Å². The first-order valence-corrected chi connectivity index (χ1v) is 6.70. The van der Waals surface area contributed by atoms with Crippen molar-refractivity contribution in [1.29, 1.82) is 0 Å². The Kier molecular flexibility index (Phi) is 4.61. The minimum absolute atomic E-state index is 0.0122. The summed E-state index contributed by atoms with van der Waals surface area (Å²) in [7, 11) is 0. The molecule has 0 aromatic heterocycles. The highest BCUT2D eigenvalue weighted by atomic mass is 16.5. The van der Waals surface area contributed by atoms with Crippen LogP contribution in [0, 0.1) is 5.92 Å². The molecule has 0 spiro atoms. The molecule has 0 bridgehead atoms. The minimum Gasteiger partial charge on any atom is -0.481 e. The first kappa shape index (κ1) is 16.0. The van der Waals surface area contributed by atoms with E-state index in [2.05, 4.69) is 0 Å². The maximum atomic E-state index is 12.2. The summed E-state index contributed by atoms with van der Waals surface area (Å²) >= 11 is 0. The van der Waals surface area contributed by atoms with Gasteiger partial charge in [0.25, 0.3) is 0 Å². The van der Waals surface area contributed by atoms with Crippen LogP contribution in [0.5, 0.6) is 0 Å². The van der Waals surface area contributed by atoms with E-state index in [4.69, 9.17) is 9.84 Å². The molecule has 1 saturated heterocycles. The molecule has 1 N–H and O–H groups in total. The van der Waals surface area contributed by atoms with E-state index >= 15 is 0 Å². The first-order chi connectivity index (χ1) is 8.51. The van der Waals surface area contributed by atoms with Crippen molar-refractivity contribution in [3.8, 4) is 0 Å². The number of ether oxygens (including phenoxy) is 1. The van der Waals surface area contributed by atoms with Gasteiger partial charge in [-0.05, 0) is 33.6 Å². The number of carboxylic acid groups (broad SMARTS) is 1. The molecule has 0 aromatic rings. The van der Waals surface area contributed by atoms with Gasteiger partial charge in [-0.2, -0.15) is 0 Å². The SMILES string of the molecule is CC(CC(=O)O)CC(=O)N1CC(C)(C)OC(C)(C)C1. The summed E-state index contributed by atoms with van der Waals surface area (Å²) in [6.45, 7) is 10.8. The fourth-order valence-corrected chi connectivity index (χ4v) is 2.76. The van der Waals surface area contributed by atoms with E-state index in [0.29, 0.717) is 13.1 Å². The molecule has 5 nitrogen and oxygen atoms in total. The second-order valence-corrected chi connectivity index (χ2v) is 6.78. The van der Waals surface area contributed by atoms with Crippen molar-refractivity contribution < 1.29 is 19.4 Å². The monoisotopic (exact) mass is 271 g/mol. The van der Waals surface area contributed by atoms with Crippen LogP contribution in [-0.2, 0) is 14.3 Å². The van der Waals surface area contributed by atoms with E-state index in [0.717, 1.165) is 0 Å². The minimum atomic E-state index is -0.858. The zero-order valence-corrected chi connectivity index (χ0v) is 12.5. The third kappa shape index (κ3) is 5.19. The predicted octanol–water partition coefficient (Wildman–Crippen LogP) is 1.90. The molecule has 1 atom stereocenters. The lowest BCUT2D eigenvalue weighted by Crippen LogP contribution is -2.58. The van der Waals surface area contributed by atoms with Crippen molar-refractivity contribution in [2.75, 3.05) is 13.1 Å². The lowest BCUT2D eigenvalue weighted by molar-refractivity contribution is -0.188. The number of carbonyl (C=O) groups is 2. The van der Waals surface area contributed by atoms with Gasteiger partial charge in [-0.15, -0.1) is 0 Å². The molecule has 0 aliphatic carbocycles. The zero-order chi connectivity index (χ0) is 14.8. The number of rotatable bonds is 4. The number of amides is 1. The van der Waals surface area contributed by atoms with Crippen molar-refractivity contribution in [2.24, 2.45) is 5.92 Å². The second kappa shape index (κ2) is 5.49. The Morgan fingerprint density at radius 3 is 2.05 bits per heavy atom. The molecule has 5 heteroatoms. The Morgan fingerprint density at radius 2 is 1.63 bits per heavy atom. The Bertz CT molecular complexity index is 346. The molecule has 0 radical (unpaired) electrons. The first-order valence-electron chi connectivity index (χ1n) is 6.70. The summed E-state index contributed by atoms with van der Waals surface area (Å²) in [6, 6.07) is 0. The molecular weight excluding hydrogens is 246 g/mol. The normalized spacial score (nSPS) is 22.9. The molecule has 110 valence electrons. The summed E-state index contributed by atoms with van der Waals surface area (Å²) < 4.78 is 5.92. The van der Waals surface area contributed by atoms with Gasteiger partial charge in [-0.25, -0.2) is 0 Å². The van der Waals surface area contributed by atoms with E-state index in [9.17, 15) is 9.59 Å². The summed E-state index contributed by atoms with van der Waals surface area (Å²) in [6.07, 6.45) is 0.307. The number of hydrogen-bond donors (Lipinski definition) is 1. The highest BCUT2D eigenvalue weighted by molar-refractivity contribution is 5.77. The van der Waals surface area contributed by atoms with Crippen LogP contribution >= 0.6 is 0 Å². The van der Waals surface area contributed by atoms with Crippen LogP contribution in [-0.4, -0.2) is 46.2 Å². The van der Waals surface area contributed by atoms with Crippen molar-refractivity contribution in [2.45, 2.75) is 58.7 Å². The maximum Gasteiger partial charge on any atom is 0.303 e. The number of hydrogen-bond acceptors (Lipinski definition) is 3. The quantitative estimate of drug-likeness (QED) is 0.848. The molecule has 0 aromatic carbocycles. The van der Waals surface area contributed by atoms with Gasteiger partial charge in [0.2, 0.25) is 5.91 Å². The molecule has 19 heavy (non-hydrogen) atoms. The summed E-state index contributed by atoms with van der Waals surface area (Å²) in [4.78, 5) is 24.7. The van der Waals surface area contributed by atoms with Gasteiger partial charge in [-0.3, -0.25) is 9.59 Å². The predicted molar refractivity (Wildman–Crippen MR) is 71.9 cm³/mol. The smallest absolute Gasteiger partial charge is 0.303 e. The third-order valence-corrected chi connectivity index (χ3v) is 3.09. The van der Waals surface area contributed by atoms with E-state index in [1.165, 1.54) is 0 Å². The van der Waals surface area contributed by atoms with Crippen LogP contribution in [0.2, 0.25) is 0 Å². The summed E-state index contributed by atoms with van der Waals surface area (Å²) in [5, 5.41) is 8.73. The molecular formula is C14H25NO4. The highest BCUT2D eigenvalue weighted by Gasteiger charge is 2.39. The maximum absolute atomic E-state index is 12.2. The molecule has 1 fully saturated rings. The Hall–Kier alpha value is -1.10. The van der Waals surface area contributed by atoms with E-state index in [1.54, 1.807) is 11.8 Å². The van der Waals surface area contributed by atoms with Gasteiger partial charge >= 0.3 is 5.97 Å². The Balaban J connectivity index is 2.63. The van der Waals surface area contributed by atoms with Crippen LogP contribution in [0.4, 0.5) is 0 Å². The van der Waals surface area contributed by atoms with E-state index < -0.39 is 5.97 Å². The summed E-state index contributed by atoms with van der Waals surface area (Å²) in [5.74, 6) is -0.986. The number of carbonyl (C=O) groups excluding carboxylic acids is 1. The van der Waals surface area contributed by atoms with Crippen molar-refractivity contribution in [3.63, 3.8) is 0 Å². The van der Waals surface area contributed by atoms with Crippen molar-refractivity contribution in [1.82, 2.24) is 4.90 Å².